The van der Waals surface area contributed by atoms with E-state index in [9.17, 15) is 0 Å². The van der Waals surface area contributed by atoms with Crippen molar-refractivity contribution < 1.29 is 11.3 Å². The Hall–Kier alpha value is -6.95. The second kappa shape index (κ2) is 12.3. The van der Waals surface area contributed by atoms with Crippen molar-refractivity contribution in [1.29, 1.82) is 0 Å². The van der Waals surface area contributed by atoms with Crippen LogP contribution in [0.3, 0.4) is 0 Å². The minimum atomic E-state index is -0.479. The van der Waals surface area contributed by atoms with Crippen molar-refractivity contribution in [2.45, 2.75) is 0 Å². The van der Waals surface area contributed by atoms with E-state index in [1.165, 1.54) is 4.70 Å². The van der Waals surface area contributed by atoms with Gasteiger partial charge in [0.05, 0.1) is 6.85 Å². The minimum absolute atomic E-state index is 0.00425. The van der Waals surface area contributed by atoms with Gasteiger partial charge < -0.3 is 4.42 Å². The molecule has 8 aromatic carbocycles. The summed E-state index contributed by atoms with van der Waals surface area (Å²) in [6.07, 6.45) is 0. The second-order valence-electron chi connectivity index (χ2n) is 13.2. The van der Waals surface area contributed by atoms with Gasteiger partial charge >= 0.3 is 0 Å². The van der Waals surface area contributed by atoms with Gasteiger partial charge in [0, 0.05) is 53.0 Å². The molecule has 0 fully saturated rings. The van der Waals surface area contributed by atoms with Gasteiger partial charge in [0.15, 0.2) is 17.5 Å². The first kappa shape index (κ1) is 25.9. The number of nitrogens with zero attached hydrogens (tertiary/aromatic N) is 3. The summed E-state index contributed by atoms with van der Waals surface area (Å²) in [7, 11) is 0. The van der Waals surface area contributed by atoms with E-state index in [1.807, 2.05) is 78.9 Å². The number of thiophene rings is 1. The molecule has 0 amide bonds. The Morgan fingerprint density at radius 3 is 1.85 bits per heavy atom. The van der Waals surface area contributed by atoms with Crippen LogP contribution >= 0.6 is 11.3 Å². The number of furan rings is 1. The smallest absolute Gasteiger partial charge is 0.164 e. The lowest BCUT2D eigenvalue weighted by molar-refractivity contribution is 0.673. The van der Waals surface area contributed by atoms with Crippen molar-refractivity contribution in [3.05, 3.63) is 176 Å². The third-order valence-electron chi connectivity index (χ3n) is 10.0. The quantitative estimate of drug-likeness (QED) is 0.178. The molecular formula is C49H29N3OS. The van der Waals surface area contributed by atoms with Gasteiger partial charge in [-0.15, -0.1) is 11.3 Å². The van der Waals surface area contributed by atoms with Crippen molar-refractivity contribution in [3.8, 4) is 56.4 Å². The highest BCUT2D eigenvalue weighted by molar-refractivity contribution is 7.25. The van der Waals surface area contributed by atoms with Crippen LogP contribution in [-0.4, -0.2) is 15.0 Å². The van der Waals surface area contributed by atoms with Crippen molar-refractivity contribution >= 4 is 64.2 Å². The van der Waals surface area contributed by atoms with Crippen LogP contribution in [0.5, 0.6) is 0 Å². The van der Waals surface area contributed by atoms with Crippen molar-refractivity contribution in [2.24, 2.45) is 0 Å². The molecule has 0 unspecified atom stereocenters. The van der Waals surface area contributed by atoms with Gasteiger partial charge in [-0.2, -0.15) is 0 Å². The van der Waals surface area contributed by atoms with Gasteiger partial charge in [-0.05, 0) is 76.2 Å². The third-order valence-corrected chi connectivity index (χ3v) is 11.2. The maximum absolute atomic E-state index is 8.78. The Morgan fingerprint density at radius 2 is 1.02 bits per heavy atom. The standard InChI is InChI=1S/C49H29N3OS/c1-3-12-30(13-4-1)39-29-42-40-27-33(22-24-43(40)53-46(42)38-20-8-7-18-36(38)39)32-16-11-17-34(26-32)48-50-47(31-14-5-2-6-15-31)51-49(52-48)35-23-25-45-41(28-35)37-19-9-10-21-44(37)54-45/h1-29H/i2D,5D,6D,14D,15D. The average molecular weight is 713 g/mol. The molecule has 0 N–H and O–H groups in total. The van der Waals surface area contributed by atoms with Crippen LogP contribution in [0.2, 0.25) is 0 Å². The van der Waals surface area contributed by atoms with Crippen LogP contribution < -0.4 is 0 Å². The van der Waals surface area contributed by atoms with Crippen LogP contribution in [0.15, 0.2) is 180 Å². The molecule has 0 aliphatic carbocycles. The number of hydrogen-bond donors (Lipinski definition) is 0. The largest absolute Gasteiger partial charge is 0.455 e. The van der Waals surface area contributed by atoms with Gasteiger partial charge in [-0.1, -0.05) is 127 Å². The maximum atomic E-state index is 8.78. The van der Waals surface area contributed by atoms with E-state index >= 15 is 0 Å². The fraction of sp³-hybridized carbons (Fsp3) is 0. The van der Waals surface area contributed by atoms with Crippen LogP contribution in [-0.2, 0) is 0 Å². The number of rotatable bonds is 5. The molecule has 0 atom stereocenters. The van der Waals surface area contributed by atoms with E-state index in [-0.39, 0.29) is 23.5 Å². The zero-order chi connectivity index (χ0) is 39.9. The number of benzene rings is 8. The maximum Gasteiger partial charge on any atom is 0.164 e. The lowest BCUT2D eigenvalue weighted by Crippen LogP contribution is -2.00. The molecule has 0 saturated heterocycles. The summed E-state index contributed by atoms with van der Waals surface area (Å²) in [5, 5.41) is 6.37. The topological polar surface area (TPSA) is 51.8 Å². The molecule has 0 spiro atoms. The fourth-order valence-electron chi connectivity index (χ4n) is 7.45. The lowest BCUT2D eigenvalue weighted by Gasteiger charge is -2.10. The number of hydrogen-bond acceptors (Lipinski definition) is 5. The highest BCUT2D eigenvalue weighted by atomic mass is 32.1. The lowest BCUT2D eigenvalue weighted by atomic mass is 9.94. The first-order chi connectivity index (χ1) is 28.8. The van der Waals surface area contributed by atoms with Crippen LogP contribution in [0, 0.1) is 0 Å². The summed E-state index contributed by atoms with van der Waals surface area (Å²) in [5.41, 5.74) is 7.09. The first-order valence-electron chi connectivity index (χ1n) is 20.1. The Morgan fingerprint density at radius 1 is 0.407 bits per heavy atom. The summed E-state index contributed by atoms with van der Waals surface area (Å²) in [5.74, 6) is 0.630. The Balaban J connectivity index is 1.08. The first-order valence-corrected chi connectivity index (χ1v) is 18.4. The van der Waals surface area contributed by atoms with E-state index < -0.39 is 18.1 Å². The highest BCUT2D eigenvalue weighted by Gasteiger charge is 2.17. The molecule has 0 bridgehead atoms. The molecule has 0 radical (unpaired) electrons. The zero-order valence-electron chi connectivity index (χ0n) is 33.5. The molecule has 11 aromatic rings. The summed E-state index contributed by atoms with van der Waals surface area (Å²) in [4.78, 5) is 14.6. The molecule has 4 nitrogen and oxygen atoms in total. The molecule has 0 aliphatic rings. The summed E-state index contributed by atoms with van der Waals surface area (Å²) >= 11 is 1.71. The highest BCUT2D eigenvalue weighted by Crippen LogP contribution is 2.41. The van der Waals surface area contributed by atoms with Gasteiger partial charge in [0.1, 0.15) is 11.2 Å². The molecule has 5 heteroatoms. The molecule has 11 rings (SSSR count). The monoisotopic (exact) mass is 712 g/mol. The van der Waals surface area contributed by atoms with Gasteiger partial charge in [-0.3, -0.25) is 0 Å². The zero-order valence-corrected chi connectivity index (χ0v) is 29.3. The third kappa shape index (κ3) is 5.09. The minimum Gasteiger partial charge on any atom is -0.455 e. The van der Waals surface area contributed by atoms with E-state index in [2.05, 4.69) is 66.7 Å². The van der Waals surface area contributed by atoms with Crippen LogP contribution in [0.25, 0.3) is 109 Å². The fourth-order valence-corrected chi connectivity index (χ4v) is 8.53. The normalized spacial score (nSPS) is 13.0. The molecule has 252 valence electrons. The molecular weight excluding hydrogens is 679 g/mol. The second-order valence-corrected chi connectivity index (χ2v) is 14.3. The Bertz CT molecular complexity index is 3500. The summed E-state index contributed by atoms with van der Waals surface area (Å²) < 4.78 is 51.4. The molecule has 0 saturated carbocycles. The molecule has 54 heavy (non-hydrogen) atoms. The number of fused-ring (bicyclic) bond motifs is 8. The summed E-state index contributed by atoms with van der Waals surface area (Å²) in [6, 6.07) is 47.2. The predicted molar refractivity (Wildman–Crippen MR) is 225 cm³/mol. The van der Waals surface area contributed by atoms with Crippen LogP contribution in [0.1, 0.15) is 6.85 Å². The van der Waals surface area contributed by atoms with E-state index in [0.29, 0.717) is 22.8 Å². The van der Waals surface area contributed by atoms with Gasteiger partial charge in [-0.25, -0.2) is 15.0 Å². The van der Waals surface area contributed by atoms with Crippen molar-refractivity contribution in [2.75, 3.05) is 0 Å². The van der Waals surface area contributed by atoms with E-state index in [1.54, 1.807) is 11.3 Å². The molecule has 3 aromatic heterocycles. The average Bonchev–Trinajstić information content (AvgIpc) is 3.85. The van der Waals surface area contributed by atoms with E-state index in [4.69, 9.17) is 26.2 Å². The number of aromatic nitrogens is 3. The Labute approximate surface area is 321 Å². The molecule has 0 aliphatic heterocycles. The van der Waals surface area contributed by atoms with Crippen molar-refractivity contribution in [3.63, 3.8) is 0 Å². The molecule has 3 heterocycles. The van der Waals surface area contributed by atoms with E-state index in [0.717, 1.165) is 70.4 Å². The van der Waals surface area contributed by atoms with Gasteiger partial charge in [0.25, 0.3) is 0 Å². The predicted octanol–water partition coefficient (Wildman–Crippen LogP) is 13.6. The van der Waals surface area contributed by atoms with Crippen molar-refractivity contribution in [1.82, 2.24) is 15.0 Å². The van der Waals surface area contributed by atoms with Gasteiger partial charge in [0.2, 0.25) is 0 Å². The SMILES string of the molecule is [2H]c1c([2H])c([2H])c(-c2nc(-c3cccc(-c4ccc5oc6c7ccccc7c(-c7ccccc7)cc6c5c4)c3)nc(-c3ccc4sc5ccccc5c4c3)n2)c([2H])c1[2H]. The van der Waals surface area contributed by atoms with Crippen LogP contribution in [0.4, 0.5) is 0 Å². The summed E-state index contributed by atoms with van der Waals surface area (Å²) in [6.45, 7) is 0. The Kier molecular flexibility index (Phi) is 5.92.